The van der Waals surface area contributed by atoms with E-state index in [0.717, 1.165) is 22.3 Å². The molecule has 5 heteroatoms. The van der Waals surface area contributed by atoms with E-state index in [4.69, 9.17) is 0 Å². The highest BCUT2D eigenvalue weighted by Crippen LogP contribution is 2.31. The van der Waals surface area contributed by atoms with Gasteiger partial charge in [-0.2, -0.15) is 0 Å². The predicted molar refractivity (Wildman–Crippen MR) is 87.0 cm³/mol. The molecule has 0 N–H and O–H groups in total. The van der Waals surface area contributed by atoms with Crippen LogP contribution in [0.1, 0.15) is 20.8 Å². The number of benzene rings is 1. The van der Waals surface area contributed by atoms with E-state index in [1.807, 2.05) is 31.2 Å². The van der Waals surface area contributed by atoms with E-state index in [0.29, 0.717) is 5.56 Å². The fraction of sp³-hybridized carbons (Fsp3) is 0.0833. The number of rotatable bonds is 2. The zero-order valence-corrected chi connectivity index (χ0v) is 14.9. The maximum absolute atomic E-state index is 12.3. The first kappa shape index (κ1) is 13.7. The second-order valence-corrected chi connectivity index (χ2v) is 7.99. The summed E-state index contributed by atoms with van der Waals surface area (Å²) in [5, 5.41) is 0. The van der Waals surface area contributed by atoms with Gasteiger partial charge in [0.25, 0.3) is 0 Å². The van der Waals surface area contributed by atoms with Gasteiger partial charge < -0.3 is 0 Å². The number of carbonyl (C=O) groups excluding carboxylic acids is 1. The molecular weight excluding hydrogens is 479 g/mol. The van der Waals surface area contributed by atoms with Crippen molar-refractivity contribution in [1.29, 1.82) is 0 Å². The van der Waals surface area contributed by atoms with Crippen LogP contribution >= 0.6 is 65.8 Å². The first-order valence-electron chi connectivity index (χ1n) is 4.74. The van der Waals surface area contributed by atoms with Crippen LogP contribution < -0.4 is 0 Å². The Morgan fingerprint density at radius 2 is 2.00 bits per heavy atom. The maximum Gasteiger partial charge on any atom is 0.204 e. The van der Waals surface area contributed by atoms with Crippen molar-refractivity contribution in [2.45, 2.75) is 6.92 Å². The third-order valence-electron chi connectivity index (χ3n) is 2.25. The lowest BCUT2D eigenvalue weighted by Gasteiger charge is -2.02. The van der Waals surface area contributed by atoms with Crippen LogP contribution in [-0.4, -0.2) is 5.78 Å². The van der Waals surface area contributed by atoms with Gasteiger partial charge >= 0.3 is 0 Å². The Hall–Kier alpha value is 0.280. The van der Waals surface area contributed by atoms with Crippen molar-refractivity contribution >= 4 is 71.6 Å². The highest BCUT2D eigenvalue weighted by Gasteiger charge is 2.16. The van der Waals surface area contributed by atoms with Crippen LogP contribution in [0.5, 0.6) is 0 Å². The average Bonchev–Trinajstić information content (AvgIpc) is 2.62. The third kappa shape index (κ3) is 3.00. The SMILES string of the molecule is Cc1cc(C(=O)c2cc(I)ccc2Br)sc1Br. The predicted octanol–water partition coefficient (Wildman–Crippen LogP) is 5.42. The Morgan fingerprint density at radius 1 is 1.29 bits per heavy atom. The summed E-state index contributed by atoms with van der Waals surface area (Å²) in [6.45, 7) is 1.99. The molecule has 0 aliphatic carbocycles. The van der Waals surface area contributed by atoms with Crippen molar-refractivity contribution in [3.05, 3.63) is 52.1 Å². The number of ketones is 1. The molecule has 0 aliphatic rings. The molecule has 0 amide bonds. The van der Waals surface area contributed by atoms with Gasteiger partial charge in [-0.25, -0.2) is 0 Å². The molecule has 1 heterocycles. The minimum atomic E-state index is 0.0641. The van der Waals surface area contributed by atoms with Gasteiger partial charge in [-0.15, -0.1) is 11.3 Å². The molecule has 2 aromatic rings. The fourth-order valence-electron chi connectivity index (χ4n) is 1.38. The summed E-state index contributed by atoms with van der Waals surface area (Å²) in [4.78, 5) is 13.1. The van der Waals surface area contributed by atoms with Crippen molar-refractivity contribution in [2.24, 2.45) is 0 Å². The van der Waals surface area contributed by atoms with Gasteiger partial charge in [-0.05, 0) is 75.3 Å². The van der Waals surface area contributed by atoms with E-state index >= 15 is 0 Å². The highest BCUT2D eigenvalue weighted by molar-refractivity contribution is 14.1. The Balaban J connectivity index is 2.47. The van der Waals surface area contributed by atoms with Crippen LogP contribution in [0.3, 0.4) is 0 Å². The topological polar surface area (TPSA) is 17.1 Å². The standard InChI is InChI=1S/C12H7Br2IOS/c1-6-4-10(17-12(6)14)11(16)8-5-7(15)2-3-9(8)13/h2-5H,1H3. The number of hydrogen-bond donors (Lipinski definition) is 0. The van der Waals surface area contributed by atoms with Crippen LogP contribution in [-0.2, 0) is 0 Å². The van der Waals surface area contributed by atoms with E-state index in [9.17, 15) is 4.79 Å². The lowest BCUT2D eigenvalue weighted by Crippen LogP contribution is -2.00. The van der Waals surface area contributed by atoms with Crippen LogP contribution in [0, 0.1) is 10.5 Å². The Morgan fingerprint density at radius 3 is 2.59 bits per heavy atom. The smallest absolute Gasteiger partial charge is 0.204 e. The molecule has 1 aromatic carbocycles. The quantitative estimate of drug-likeness (QED) is 0.410. The summed E-state index contributed by atoms with van der Waals surface area (Å²) >= 11 is 10.5. The van der Waals surface area contributed by atoms with E-state index in [2.05, 4.69) is 54.5 Å². The van der Waals surface area contributed by atoms with Crippen LogP contribution in [0.15, 0.2) is 32.5 Å². The van der Waals surface area contributed by atoms with Gasteiger partial charge in [0, 0.05) is 13.6 Å². The minimum Gasteiger partial charge on any atom is -0.288 e. The summed E-state index contributed by atoms with van der Waals surface area (Å²) in [5.41, 5.74) is 1.81. The molecule has 0 radical (unpaired) electrons. The fourth-order valence-corrected chi connectivity index (χ4v) is 3.78. The number of hydrogen-bond acceptors (Lipinski definition) is 2. The summed E-state index contributed by atoms with van der Waals surface area (Å²) in [5.74, 6) is 0.0641. The van der Waals surface area contributed by atoms with Crippen molar-refractivity contribution in [1.82, 2.24) is 0 Å². The van der Waals surface area contributed by atoms with Gasteiger partial charge in [-0.3, -0.25) is 4.79 Å². The lowest BCUT2D eigenvalue weighted by molar-refractivity contribution is 0.104. The molecule has 0 saturated carbocycles. The van der Waals surface area contributed by atoms with Crippen molar-refractivity contribution in [2.75, 3.05) is 0 Å². The van der Waals surface area contributed by atoms with Crippen LogP contribution in [0.2, 0.25) is 0 Å². The van der Waals surface area contributed by atoms with Gasteiger partial charge in [0.2, 0.25) is 5.78 Å². The van der Waals surface area contributed by atoms with E-state index < -0.39 is 0 Å². The summed E-state index contributed by atoms with van der Waals surface area (Å²) in [7, 11) is 0. The van der Waals surface area contributed by atoms with Gasteiger partial charge in [0.05, 0.1) is 8.66 Å². The van der Waals surface area contributed by atoms with Crippen molar-refractivity contribution in [3.8, 4) is 0 Å². The molecule has 0 spiro atoms. The van der Waals surface area contributed by atoms with Crippen LogP contribution in [0.4, 0.5) is 0 Å². The monoisotopic (exact) mass is 484 g/mol. The molecule has 0 atom stereocenters. The highest BCUT2D eigenvalue weighted by atomic mass is 127. The molecule has 0 saturated heterocycles. The zero-order valence-electron chi connectivity index (χ0n) is 8.76. The molecule has 0 fully saturated rings. The van der Waals surface area contributed by atoms with Crippen molar-refractivity contribution in [3.63, 3.8) is 0 Å². The Kier molecular flexibility index (Phi) is 4.44. The number of carbonyl (C=O) groups is 1. The molecule has 0 bridgehead atoms. The van der Waals surface area contributed by atoms with E-state index in [1.54, 1.807) is 0 Å². The average molecular weight is 486 g/mol. The van der Waals surface area contributed by atoms with E-state index in [1.165, 1.54) is 11.3 Å². The molecule has 88 valence electrons. The van der Waals surface area contributed by atoms with Crippen molar-refractivity contribution < 1.29 is 4.79 Å². The molecular formula is C12H7Br2IOS. The van der Waals surface area contributed by atoms with E-state index in [-0.39, 0.29) is 5.78 Å². The molecule has 1 aromatic heterocycles. The third-order valence-corrected chi connectivity index (χ3v) is 5.75. The maximum atomic E-state index is 12.3. The van der Waals surface area contributed by atoms with Gasteiger partial charge in [0.1, 0.15) is 0 Å². The first-order valence-corrected chi connectivity index (χ1v) is 8.23. The minimum absolute atomic E-state index is 0.0641. The number of halogens is 3. The summed E-state index contributed by atoms with van der Waals surface area (Å²) in [6, 6.07) is 7.70. The zero-order chi connectivity index (χ0) is 12.6. The Labute approximate surface area is 134 Å². The lowest BCUT2D eigenvalue weighted by atomic mass is 10.1. The molecule has 2 rings (SSSR count). The second kappa shape index (κ2) is 5.50. The molecule has 17 heavy (non-hydrogen) atoms. The number of thiophene rings is 1. The summed E-state index contributed by atoms with van der Waals surface area (Å²) < 4.78 is 2.91. The number of aryl methyl sites for hydroxylation is 1. The van der Waals surface area contributed by atoms with Gasteiger partial charge in [0.15, 0.2) is 0 Å². The van der Waals surface area contributed by atoms with Gasteiger partial charge in [-0.1, -0.05) is 15.9 Å². The Bertz CT molecular complexity index is 573. The largest absolute Gasteiger partial charge is 0.288 e. The molecule has 0 aliphatic heterocycles. The summed E-state index contributed by atoms with van der Waals surface area (Å²) in [6.07, 6.45) is 0. The molecule has 1 nitrogen and oxygen atoms in total. The normalized spacial score (nSPS) is 10.6. The second-order valence-electron chi connectivity index (χ2n) is 3.52. The first-order chi connectivity index (χ1) is 7.99. The molecule has 0 unspecified atom stereocenters. The van der Waals surface area contributed by atoms with Crippen LogP contribution in [0.25, 0.3) is 0 Å².